The number of nitrogens with one attached hydrogen (secondary N) is 1. The molecule has 2 N–H and O–H groups in total. The van der Waals surface area contributed by atoms with Gasteiger partial charge in [0, 0.05) is 17.2 Å². The SMILES string of the molecule is COCC(NC(=O)c1sc2cccc(F)c2c1C)C(=O)O. The summed E-state index contributed by atoms with van der Waals surface area (Å²) in [7, 11) is 1.35. The molecule has 0 saturated carbocycles. The van der Waals surface area contributed by atoms with E-state index in [9.17, 15) is 14.0 Å². The Morgan fingerprint density at radius 1 is 1.48 bits per heavy atom. The number of aliphatic carboxylic acids is 1. The van der Waals surface area contributed by atoms with Crippen LogP contribution in [-0.2, 0) is 9.53 Å². The average Bonchev–Trinajstić information content (AvgIpc) is 2.77. The summed E-state index contributed by atoms with van der Waals surface area (Å²) in [5, 5.41) is 11.8. The van der Waals surface area contributed by atoms with Gasteiger partial charge < -0.3 is 15.2 Å². The molecular formula is C14H14FNO4S. The molecule has 1 unspecified atom stereocenters. The zero-order chi connectivity index (χ0) is 15.6. The van der Waals surface area contributed by atoms with Crippen LogP contribution in [0.4, 0.5) is 4.39 Å². The van der Waals surface area contributed by atoms with Crippen LogP contribution in [0.1, 0.15) is 15.2 Å². The van der Waals surface area contributed by atoms with E-state index in [2.05, 4.69) is 5.32 Å². The van der Waals surface area contributed by atoms with E-state index in [1.165, 1.54) is 13.2 Å². The molecule has 0 aliphatic heterocycles. The van der Waals surface area contributed by atoms with E-state index in [0.29, 0.717) is 20.5 Å². The lowest BCUT2D eigenvalue weighted by molar-refractivity contribution is -0.140. The van der Waals surface area contributed by atoms with Crippen molar-refractivity contribution in [2.75, 3.05) is 13.7 Å². The van der Waals surface area contributed by atoms with E-state index in [1.807, 2.05) is 0 Å². The number of aryl methyl sites for hydroxylation is 1. The number of carboxylic acids is 1. The lowest BCUT2D eigenvalue weighted by Gasteiger charge is -2.12. The number of ether oxygens (including phenoxy) is 1. The Kier molecular flexibility index (Phi) is 4.54. The molecule has 112 valence electrons. The molecule has 1 heterocycles. The number of amides is 1. The second kappa shape index (κ2) is 6.19. The first-order valence-corrected chi connectivity index (χ1v) is 6.97. The van der Waals surface area contributed by atoms with E-state index in [4.69, 9.17) is 9.84 Å². The van der Waals surface area contributed by atoms with Crippen LogP contribution in [0.15, 0.2) is 18.2 Å². The number of benzene rings is 1. The largest absolute Gasteiger partial charge is 0.480 e. The molecule has 1 aromatic carbocycles. The third kappa shape index (κ3) is 3.03. The summed E-state index contributed by atoms with van der Waals surface area (Å²) >= 11 is 1.13. The van der Waals surface area contributed by atoms with Crippen LogP contribution in [0.3, 0.4) is 0 Å². The van der Waals surface area contributed by atoms with Gasteiger partial charge in [0.1, 0.15) is 5.82 Å². The van der Waals surface area contributed by atoms with E-state index in [1.54, 1.807) is 19.1 Å². The monoisotopic (exact) mass is 311 g/mol. The summed E-state index contributed by atoms with van der Waals surface area (Å²) in [6.07, 6.45) is 0. The van der Waals surface area contributed by atoms with Crippen molar-refractivity contribution in [1.82, 2.24) is 5.32 Å². The van der Waals surface area contributed by atoms with Crippen LogP contribution >= 0.6 is 11.3 Å². The van der Waals surface area contributed by atoms with Gasteiger partial charge in [-0.2, -0.15) is 0 Å². The van der Waals surface area contributed by atoms with Crippen molar-refractivity contribution in [1.29, 1.82) is 0 Å². The van der Waals surface area contributed by atoms with Crippen LogP contribution in [0.25, 0.3) is 10.1 Å². The van der Waals surface area contributed by atoms with Crippen molar-refractivity contribution in [3.63, 3.8) is 0 Å². The van der Waals surface area contributed by atoms with Crippen LogP contribution in [-0.4, -0.2) is 36.7 Å². The predicted octanol–water partition coefficient (Wildman–Crippen LogP) is 2.18. The van der Waals surface area contributed by atoms with Gasteiger partial charge >= 0.3 is 5.97 Å². The lowest BCUT2D eigenvalue weighted by Crippen LogP contribution is -2.43. The van der Waals surface area contributed by atoms with E-state index in [0.717, 1.165) is 11.3 Å². The minimum atomic E-state index is -1.19. The summed E-state index contributed by atoms with van der Waals surface area (Å²) < 4.78 is 19.2. The maximum Gasteiger partial charge on any atom is 0.328 e. The Hall–Kier alpha value is -1.99. The molecule has 0 radical (unpaired) electrons. The fraction of sp³-hybridized carbons (Fsp3) is 0.286. The van der Waals surface area contributed by atoms with Gasteiger partial charge in [0.2, 0.25) is 0 Å². The van der Waals surface area contributed by atoms with Crippen molar-refractivity contribution in [3.8, 4) is 0 Å². The highest BCUT2D eigenvalue weighted by atomic mass is 32.1. The van der Waals surface area contributed by atoms with Crippen LogP contribution < -0.4 is 5.32 Å². The molecule has 7 heteroatoms. The molecule has 0 fully saturated rings. The number of fused-ring (bicyclic) bond motifs is 1. The Morgan fingerprint density at radius 3 is 2.76 bits per heavy atom. The van der Waals surface area contributed by atoms with Crippen molar-refractivity contribution in [2.24, 2.45) is 0 Å². The second-order valence-corrected chi connectivity index (χ2v) is 5.54. The highest BCUT2D eigenvalue weighted by molar-refractivity contribution is 7.21. The number of hydrogen-bond acceptors (Lipinski definition) is 4. The number of carboxylic acid groups (broad SMARTS) is 1. The number of rotatable bonds is 5. The van der Waals surface area contributed by atoms with E-state index < -0.39 is 23.7 Å². The number of carbonyl (C=O) groups excluding carboxylic acids is 1. The minimum absolute atomic E-state index is 0.140. The lowest BCUT2D eigenvalue weighted by atomic mass is 10.1. The van der Waals surface area contributed by atoms with Gasteiger partial charge in [-0.25, -0.2) is 9.18 Å². The summed E-state index contributed by atoms with van der Waals surface area (Å²) in [5.74, 6) is -2.13. The summed E-state index contributed by atoms with van der Waals surface area (Å²) in [5.41, 5.74) is 0.507. The summed E-state index contributed by atoms with van der Waals surface area (Å²) in [6, 6.07) is 3.48. The fourth-order valence-corrected chi connectivity index (χ4v) is 3.16. The molecule has 1 aromatic heterocycles. The van der Waals surface area contributed by atoms with Crippen molar-refractivity contribution in [2.45, 2.75) is 13.0 Å². The zero-order valence-corrected chi connectivity index (χ0v) is 12.3. The maximum atomic E-state index is 13.8. The Balaban J connectivity index is 2.33. The van der Waals surface area contributed by atoms with Crippen molar-refractivity contribution in [3.05, 3.63) is 34.5 Å². The highest BCUT2D eigenvalue weighted by Gasteiger charge is 2.24. The molecule has 0 aliphatic carbocycles. The Morgan fingerprint density at radius 2 is 2.19 bits per heavy atom. The van der Waals surface area contributed by atoms with Crippen LogP contribution in [0.2, 0.25) is 0 Å². The first-order chi connectivity index (χ1) is 9.95. The highest BCUT2D eigenvalue weighted by Crippen LogP contribution is 2.32. The maximum absolute atomic E-state index is 13.8. The molecule has 5 nitrogen and oxygen atoms in total. The van der Waals surface area contributed by atoms with Gasteiger partial charge in [0.25, 0.3) is 5.91 Å². The van der Waals surface area contributed by atoms with Gasteiger partial charge in [0.15, 0.2) is 6.04 Å². The molecule has 2 rings (SSSR count). The third-order valence-electron chi connectivity index (χ3n) is 3.05. The first-order valence-electron chi connectivity index (χ1n) is 6.16. The number of thiophene rings is 1. The predicted molar refractivity (Wildman–Crippen MR) is 77.3 cm³/mol. The molecule has 0 bridgehead atoms. The quantitative estimate of drug-likeness (QED) is 0.887. The molecule has 0 aliphatic rings. The van der Waals surface area contributed by atoms with Gasteiger partial charge in [-0.3, -0.25) is 4.79 Å². The third-order valence-corrected chi connectivity index (χ3v) is 4.30. The number of carbonyl (C=O) groups is 2. The normalized spacial score (nSPS) is 12.3. The standard InChI is InChI=1S/C14H14FNO4S/c1-7-11-8(15)4-3-5-10(11)21-12(7)13(17)16-9(6-20-2)14(18)19/h3-5,9H,6H2,1-2H3,(H,16,17)(H,18,19). The average molecular weight is 311 g/mol. The zero-order valence-electron chi connectivity index (χ0n) is 11.5. The molecule has 1 atom stereocenters. The smallest absolute Gasteiger partial charge is 0.328 e. The number of halogens is 1. The van der Waals surface area contributed by atoms with Gasteiger partial charge in [-0.1, -0.05) is 6.07 Å². The number of methoxy groups -OCH3 is 1. The molecule has 1 amide bonds. The first kappa shape index (κ1) is 15.4. The van der Waals surface area contributed by atoms with Gasteiger partial charge in [-0.15, -0.1) is 11.3 Å². The molecule has 0 spiro atoms. The minimum Gasteiger partial charge on any atom is -0.480 e. The van der Waals surface area contributed by atoms with E-state index >= 15 is 0 Å². The Labute approximate surface area is 124 Å². The molecule has 2 aromatic rings. The van der Waals surface area contributed by atoms with E-state index in [-0.39, 0.29) is 6.61 Å². The van der Waals surface area contributed by atoms with Crippen LogP contribution in [0.5, 0.6) is 0 Å². The van der Waals surface area contributed by atoms with Crippen molar-refractivity contribution >= 4 is 33.3 Å². The van der Waals surface area contributed by atoms with Gasteiger partial charge in [-0.05, 0) is 24.6 Å². The van der Waals surface area contributed by atoms with Gasteiger partial charge in [0.05, 0.1) is 11.5 Å². The number of hydrogen-bond donors (Lipinski definition) is 2. The Bertz CT molecular complexity index is 698. The fourth-order valence-electron chi connectivity index (χ4n) is 2.04. The summed E-state index contributed by atoms with van der Waals surface area (Å²) in [6.45, 7) is 1.50. The second-order valence-electron chi connectivity index (χ2n) is 4.49. The topological polar surface area (TPSA) is 75.6 Å². The molecule has 21 heavy (non-hydrogen) atoms. The summed E-state index contributed by atoms with van der Waals surface area (Å²) in [4.78, 5) is 23.5. The molecule has 0 saturated heterocycles. The van der Waals surface area contributed by atoms with Crippen LogP contribution in [0, 0.1) is 12.7 Å². The molecular weight excluding hydrogens is 297 g/mol. The van der Waals surface area contributed by atoms with Crippen molar-refractivity contribution < 1.29 is 23.8 Å².